The van der Waals surface area contributed by atoms with Crippen molar-refractivity contribution in [3.8, 4) is 0 Å². The van der Waals surface area contributed by atoms with Crippen molar-refractivity contribution < 1.29 is 33.8 Å². The number of aliphatic imine (C=N–C) groups is 1. The molecule has 45 heavy (non-hydrogen) atoms. The summed E-state index contributed by atoms with van der Waals surface area (Å²) in [6.07, 6.45) is 0.0675. The number of unbranched alkanes of at least 4 members (excludes halogenated alkanes) is 1. The molecule has 1 aromatic carbocycles. The minimum absolute atomic E-state index is 0.00574. The van der Waals surface area contributed by atoms with Gasteiger partial charge in [0.1, 0.15) is 23.8 Å². The van der Waals surface area contributed by atoms with Crippen LogP contribution >= 0.6 is 0 Å². The molecule has 5 amide bonds. The number of primary amides is 1. The van der Waals surface area contributed by atoms with Crippen LogP contribution in [0.2, 0.25) is 0 Å². The van der Waals surface area contributed by atoms with Gasteiger partial charge in [-0.2, -0.15) is 0 Å². The zero-order valence-electron chi connectivity index (χ0n) is 25.1. The maximum atomic E-state index is 13.8. The molecule has 1 unspecified atom stereocenters. The number of rotatable bonds is 18. The summed E-state index contributed by atoms with van der Waals surface area (Å²) in [4.78, 5) is 69.0. The number of carbonyl (C=O) groups excluding carboxylic acids is 4. The predicted octanol–water partition coefficient (Wildman–Crippen LogP) is -2.07. The van der Waals surface area contributed by atoms with Gasteiger partial charge >= 0.3 is 6.09 Å². The quantitative estimate of drug-likeness (QED) is 0.0369. The maximum absolute atomic E-state index is 13.8. The Morgan fingerprint density at radius 2 is 1.53 bits per heavy atom. The average Bonchev–Trinajstić information content (AvgIpc) is 3.00. The van der Waals surface area contributed by atoms with Gasteiger partial charge < -0.3 is 53.6 Å². The molecule has 0 radical (unpaired) electrons. The van der Waals surface area contributed by atoms with Crippen molar-refractivity contribution in [1.29, 1.82) is 5.41 Å². The van der Waals surface area contributed by atoms with Crippen LogP contribution in [-0.4, -0.2) is 103 Å². The fourth-order valence-corrected chi connectivity index (χ4v) is 4.62. The number of guanidine groups is 1. The Balaban J connectivity index is 2.26. The molecular formula is C28H44N10O7. The predicted molar refractivity (Wildman–Crippen MR) is 165 cm³/mol. The standard InChI is InChI=1S/C28H44N10O7/c29-22(30)18-8-6-17(7-9-18)16-19(26(42)38-12-14-45-15-13-38)24(40)37-21(4-1-2-10-35-28(43)44)25(41)36-20(23(31)39)5-3-11-34-27(32)33/h6-9,19-21,35H,1-5,10-16H2,(H3,29,30)(H2,31,39)(H,36,41)(H,37,40)(H,43,44)(H4,32,33,34)/t19?,20-,21-/m0/s1. The zero-order chi connectivity index (χ0) is 33.4. The summed E-state index contributed by atoms with van der Waals surface area (Å²) in [6, 6.07) is 4.33. The second-order valence-electron chi connectivity index (χ2n) is 10.5. The third-order valence-electron chi connectivity index (χ3n) is 7.08. The highest BCUT2D eigenvalue weighted by Gasteiger charge is 2.34. The molecule has 1 saturated heterocycles. The number of morpholine rings is 1. The highest BCUT2D eigenvalue weighted by Crippen LogP contribution is 2.16. The van der Waals surface area contributed by atoms with Crippen molar-refractivity contribution in [3.63, 3.8) is 0 Å². The molecule has 0 spiro atoms. The normalized spacial score (nSPS) is 14.7. The summed E-state index contributed by atoms with van der Waals surface area (Å²) in [5.41, 5.74) is 22.8. The Labute approximate surface area is 261 Å². The van der Waals surface area contributed by atoms with E-state index in [1.807, 2.05) is 0 Å². The first-order valence-electron chi connectivity index (χ1n) is 14.6. The van der Waals surface area contributed by atoms with E-state index in [0.717, 1.165) is 0 Å². The molecule has 1 fully saturated rings. The number of carbonyl (C=O) groups is 5. The van der Waals surface area contributed by atoms with Crippen LogP contribution in [0, 0.1) is 11.3 Å². The highest BCUT2D eigenvalue weighted by molar-refractivity contribution is 6.02. The van der Waals surface area contributed by atoms with Crippen LogP contribution in [0.5, 0.6) is 0 Å². The lowest BCUT2D eigenvalue weighted by Crippen LogP contribution is -2.55. The van der Waals surface area contributed by atoms with Crippen LogP contribution < -0.4 is 38.9 Å². The van der Waals surface area contributed by atoms with Gasteiger partial charge in [0.25, 0.3) is 0 Å². The van der Waals surface area contributed by atoms with Crippen LogP contribution in [0.3, 0.4) is 0 Å². The number of ether oxygens (including phenoxy) is 1. The first-order valence-corrected chi connectivity index (χ1v) is 14.6. The van der Waals surface area contributed by atoms with E-state index in [9.17, 15) is 24.0 Å². The molecule has 17 heteroatoms. The smallest absolute Gasteiger partial charge is 0.404 e. The third-order valence-corrected chi connectivity index (χ3v) is 7.08. The van der Waals surface area contributed by atoms with Crippen LogP contribution in [0.4, 0.5) is 4.79 Å². The van der Waals surface area contributed by atoms with Crippen LogP contribution in [0.1, 0.15) is 43.2 Å². The summed E-state index contributed by atoms with van der Waals surface area (Å²) < 4.78 is 5.34. The number of nitrogens with zero attached hydrogens (tertiary/aromatic N) is 2. The molecule has 13 N–H and O–H groups in total. The maximum Gasteiger partial charge on any atom is 0.404 e. The largest absolute Gasteiger partial charge is 0.465 e. The fraction of sp³-hybridized carbons (Fsp3) is 0.536. The Morgan fingerprint density at radius 3 is 2.11 bits per heavy atom. The topological polar surface area (TPSA) is 294 Å². The number of hydrogen-bond acceptors (Lipinski definition) is 8. The number of carboxylic acid groups (broad SMARTS) is 1. The molecule has 1 aromatic rings. The number of nitrogens with one attached hydrogen (secondary N) is 4. The van der Waals surface area contributed by atoms with E-state index < -0.39 is 47.7 Å². The van der Waals surface area contributed by atoms with Crippen LogP contribution in [-0.2, 0) is 30.3 Å². The van der Waals surface area contributed by atoms with Gasteiger partial charge in [0.05, 0.1) is 13.2 Å². The van der Waals surface area contributed by atoms with E-state index in [-0.39, 0.29) is 44.1 Å². The minimum atomic E-state index is -1.21. The molecule has 1 heterocycles. The molecule has 0 saturated carbocycles. The summed E-state index contributed by atoms with van der Waals surface area (Å²) >= 11 is 0. The number of benzene rings is 1. The van der Waals surface area contributed by atoms with Gasteiger partial charge in [-0.1, -0.05) is 24.3 Å². The number of amides is 5. The van der Waals surface area contributed by atoms with E-state index in [2.05, 4.69) is 20.9 Å². The van der Waals surface area contributed by atoms with Crippen molar-refractivity contribution in [2.24, 2.45) is 33.8 Å². The van der Waals surface area contributed by atoms with Gasteiger partial charge in [-0.05, 0) is 44.1 Å². The third kappa shape index (κ3) is 13.1. The first kappa shape index (κ1) is 36.3. The monoisotopic (exact) mass is 632 g/mol. The lowest BCUT2D eigenvalue weighted by atomic mass is 9.95. The Morgan fingerprint density at radius 1 is 0.911 bits per heavy atom. The van der Waals surface area contributed by atoms with Crippen LogP contribution in [0.15, 0.2) is 29.3 Å². The molecule has 3 atom stereocenters. The number of hydrogen-bond donors (Lipinski definition) is 9. The zero-order valence-corrected chi connectivity index (χ0v) is 25.1. The molecule has 17 nitrogen and oxygen atoms in total. The lowest BCUT2D eigenvalue weighted by Gasteiger charge is -2.31. The van der Waals surface area contributed by atoms with E-state index >= 15 is 0 Å². The Kier molecular flexibility index (Phi) is 15.0. The molecule has 0 bridgehead atoms. The molecule has 0 aromatic heterocycles. The van der Waals surface area contributed by atoms with Gasteiger partial charge in [-0.15, -0.1) is 0 Å². The van der Waals surface area contributed by atoms with Gasteiger partial charge in [0.2, 0.25) is 23.6 Å². The van der Waals surface area contributed by atoms with Gasteiger partial charge in [-0.25, -0.2) is 4.79 Å². The summed E-state index contributed by atoms with van der Waals surface area (Å²) in [7, 11) is 0. The molecule has 1 aliphatic heterocycles. The molecule has 2 rings (SSSR count). The number of nitrogen functional groups attached to an aromatic ring is 1. The fourth-order valence-electron chi connectivity index (χ4n) is 4.62. The molecule has 1 aliphatic rings. The van der Waals surface area contributed by atoms with Gasteiger partial charge in [-0.3, -0.25) is 29.6 Å². The van der Waals surface area contributed by atoms with E-state index in [1.54, 1.807) is 24.3 Å². The second-order valence-corrected chi connectivity index (χ2v) is 10.5. The van der Waals surface area contributed by atoms with Crippen molar-refractivity contribution in [1.82, 2.24) is 20.9 Å². The first-order chi connectivity index (χ1) is 21.4. The van der Waals surface area contributed by atoms with Crippen molar-refractivity contribution in [2.45, 2.75) is 50.6 Å². The summed E-state index contributed by atoms with van der Waals surface area (Å²) in [5.74, 6) is -4.08. The average molecular weight is 633 g/mol. The lowest BCUT2D eigenvalue weighted by molar-refractivity contribution is -0.146. The van der Waals surface area contributed by atoms with Gasteiger partial charge in [0.15, 0.2) is 5.96 Å². The molecule has 0 aliphatic carbocycles. The van der Waals surface area contributed by atoms with E-state index in [0.29, 0.717) is 56.7 Å². The second kappa shape index (κ2) is 18.7. The SMILES string of the molecule is N=C(N)c1ccc(CC(C(=O)N[C@@H](CCCCNC(=O)O)C(=O)N[C@@H](CCCN=C(N)N)C(N)=O)C(=O)N2CCOCC2)cc1. The van der Waals surface area contributed by atoms with Crippen molar-refractivity contribution >= 4 is 41.5 Å². The number of amidine groups is 1. The molecular weight excluding hydrogens is 588 g/mol. The highest BCUT2D eigenvalue weighted by atomic mass is 16.5. The van der Waals surface area contributed by atoms with Gasteiger partial charge in [0, 0.05) is 31.7 Å². The molecule has 248 valence electrons. The van der Waals surface area contributed by atoms with E-state index in [4.69, 9.17) is 38.2 Å². The Bertz CT molecular complexity index is 1210. The van der Waals surface area contributed by atoms with Crippen molar-refractivity contribution in [3.05, 3.63) is 35.4 Å². The minimum Gasteiger partial charge on any atom is -0.465 e. The van der Waals surface area contributed by atoms with Crippen LogP contribution in [0.25, 0.3) is 0 Å². The Hall–Kier alpha value is -4.93. The van der Waals surface area contributed by atoms with Crippen molar-refractivity contribution in [2.75, 3.05) is 39.4 Å². The van der Waals surface area contributed by atoms with E-state index in [1.165, 1.54) is 4.90 Å². The summed E-state index contributed by atoms with van der Waals surface area (Å²) in [5, 5.41) is 23.9. The summed E-state index contributed by atoms with van der Waals surface area (Å²) in [6.45, 7) is 1.57. The number of nitrogens with two attached hydrogens (primary N) is 4.